The number of ether oxygens (including phenoxy) is 4. The van der Waals surface area contributed by atoms with Crippen molar-refractivity contribution in [2.75, 3.05) is 19.8 Å². The van der Waals surface area contributed by atoms with Crippen molar-refractivity contribution in [2.24, 2.45) is 0 Å². The molecule has 2 aliphatic heterocycles. The first-order chi connectivity index (χ1) is 34.1. The number of aliphatic hydroxyl groups is 8. The minimum absolute atomic E-state index is 0.245. The van der Waals surface area contributed by atoms with Gasteiger partial charge in [-0.2, -0.15) is 0 Å². The Labute approximate surface area is 423 Å². The number of rotatable bonds is 43. The molecule has 14 nitrogen and oxygen atoms in total. The number of unbranched alkanes of at least 4 members (excludes halogenated alkanes) is 24. The van der Waals surface area contributed by atoms with Crippen molar-refractivity contribution in [3.8, 4) is 0 Å². The van der Waals surface area contributed by atoms with Crippen molar-refractivity contribution < 1.29 is 64.6 Å². The Morgan fingerprint density at radius 1 is 0.529 bits per heavy atom. The van der Waals surface area contributed by atoms with Gasteiger partial charge in [0.1, 0.15) is 48.8 Å². The van der Waals surface area contributed by atoms with Gasteiger partial charge in [-0.1, -0.05) is 197 Å². The monoisotopic (exact) mass is 996 g/mol. The van der Waals surface area contributed by atoms with Gasteiger partial charge in [0, 0.05) is 6.42 Å². The van der Waals surface area contributed by atoms with Crippen LogP contribution in [0.25, 0.3) is 0 Å². The molecule has 2 saturated heterocycles. The molecular formula is C56H101NO13. The van der Waals surface area contributed by atoms with E-state index in [1.165, 1.54) is 122 Å². The zero-order valence-corrected chi connectivity index (χ0v) is 43.5. The zero-order chi connectivity index (χ0) is 51.0. The van der Waals surface area contributed by atoms with E-state index >= 15 is 0 Å². The molecule has 0 aromatic rings. The number of amides is 1. The quantitative estimate of drug-likeness (QED) is 0.0207. The summed E-state index contributed by atoms with van der Waals surface area (Å²) < 4.78 is 22.7. The molecular weight excluding hydrogens is 895 g/mol. The Morgan fingerprint density at radius 3 is 1.51 bits per heavy atom. The van der Waals surface area contributed by atoms with Gasteiger partial charge in [-0.05, 0) is 51.4 Å². The maximum Gasteiger partial charge on any atom is 0.220 e. The summed E-state index contributed by atoms with van der Waals surface area (Å²) in [5, 5.41) is 86.9. The first-order valence-electron chi connectivity index (χ1n) is 27.9. The number of hydrogen-bond acceptors (Lipinski definition) is 13. The summed E-state index contributed by atoms with van der Waals surface area (Å²) in [5.74, 6) is -0.269. The zero-order valence-electron chi connectivity index (χ0n) is 43.5. The summed E-state index contributed by atoms with van der Waals surface area (Å²) in [4.78, 5) is 13.2. The lowest BCUT2D eigenvalue weighted by atomic mass is 9.97. The molecule has 0 aromatic heterocycles. The number of carbonyl (C=O) groups excluding carboxylic acids is 1. The first kappa shape index (κ1) is 64.1. The fourth-order valence-electron chi connectivity index (χ4n) is 9.01. The molecule has 0 aromatic carbocycles. The molecule has 14 heteroatoms. The van der Waals surface area contributed by atoms with Crippen LogP contribution in [-0.4, -0.2) is 140 Å². The molecule has 0 saturated carbocycles. The Balaban J connectivity index is 1.79. The van der Waals surface area contributed by atoms with E-state index in [2.05, 4.69) is 55.6 Å². The van der Waals surface area contributed by atoms with Gasteiger partial charge in [-0.15, -0.1) is 0 Å². The van der Waals surface area contributed by atoms with Gasteiger partial charge in [0.2, 0.25) is 5.91 Å². The van der Waals surface area contributed by atoms with Crippen molar-refractivity contribution in [2.45, 2.75) is 280 Å². The second-order valence-electron chi connectivity index (χ2n) is 19.7. The number of hydrogen-bond donors (Lipinski definition) is 9. The van der Waals surface area contributed by atoms with Crippen molar-refractivity contribution in [1.29, 1.82) is 0 Å². The molecule has 9 N–H and O–H groups in total. The average molecular weight is 996 g/mol. The second-order valence-corrected chi connectivity index (χ2v) is 19.7. The van der Waals surface area contributed by atoms with Gasteiger partial charge in [-0.3, -0.25) is 4.79 Å². The lowest BCUT2D eigenvalue weighted by Crippen LogP contribution is -2.65. The Morgan fingerprint density at radius 2 is 0.986 bits per heavy atom. The van der Waals surface area contributed by atoms with Crippen LogP contribution in [0.3, 0.4) is 0 Å². The lowest BCUT2D eigenvalue weighted by molar-refractivity contribution is -0.359. The van der Waals surface area contributed by atoms with E-state index in [0.29, 0.717) is 6.42 Å². The number of nitrogens with one attached hydrogen (secondary N) is 1. The van der Waals surface area contributed by atoms with Gasteiger partial charge in [0.05, 0.1) is 32.0 Å². The van der Waals surface area contributed by atoms with Crippen LogP contribution < -0.4 is 5.32 Å². The van der Waals surface area contributed by atoms with Gasteiger partial charge >= 0.3 is 0 Å². The van der Waals surface area contributed by atoms with Crippen LogP contribution >= 0.6 is 0 Å². The summed E-state index contributed by atoms with van der Waals surface area (Å²) in [6.07, 6.45) is 34.5. The van der Waals surface area contributed by atoms with Gasteiger partial charge < -0.3 is 65.1 Å². The van der Waals surface area contributed by atoms with Crippen molar-refractivity contribution >= 4 is 5.91 Å². The maximum absolute atomic E-state index is 13.2. The molecule has 0 spiro atoms. The second kappa shape index (κ2) is 42.3. The van der Waals surface area contributed by atoms with E-state index in [1.807, 2.05) is 6.08 Å². The maximum atomic E-state index is 13.2. The Hall–Kier alpha value is -2.05. The van der Waals surface area contributed by atoms with Gasteiger partial charge in [0.15, 0.2) is 12.6 Å². The van der Waals surface area contributed by atoms with Crippen molar-refractivity contribution in [3.05, 3.63) is 48.6 Å². The first-order valence-corrected chi connectivity index (χ1v) is 27.9. The van der Waals surface area contributed by atoms with Gasteiger partial charge in [-0.25, -0.2) is 0 Å². The predicted molar refractivity (Wildman–Crippen MR) is 277 cm³/mol. The minimum Gasteiger partial charge on any atom is -0.394 e. The molecule has 2 aliphatic rings. The van der Waals surface area contributed by atoms with Crippen LogP contribution in [0.15, 0.2) is 48.6 Å². The molecule has 408 valence electrons. The summed E-state index contributed by atoms with van der Waals surface area (Å²) in [6, 6.07) is -0.930. The summed E-state index contributed by atoms with van der Waals surface area (Å²) in [7, 11) is 0. The van der Waals surface area contributed by atoms with Crippen molar-refractivity contribution in [3.63, 3.8) is 0 Å². The topological polar surface area (TPSA) is 228 Å². The fraction of sp³-hybridized carbons (Fsp3) is 0.839. The van der Waals surface area contributed by atoms with Crippen LogP contribution in [0.5, 0.6) is 0 Å². The van der Waals surface area contributed by atoms with Crippen LogP contribution in [0.4, 0.5) is 0 Å². The van der Waals surface area contributed by atoms with E-state index in [0.717, 1.165) is 57.8 Å². The van der Waals surface area contributed by atoms with Crippen LogP contribution in [0.1, 0.15) is 206 Å². The molecule has 1 amide bonds. The van der Waals surface area contributed by atoms with Crippen molar-refractivity contribution in [1.82, 2.24) is 5.32 Å². The highest BCUT2D eigenvalue weighted by molar-refractivity contribution is 5.76. The molecule has 70 heavy (non-hydrogen) atoms. The number of allylic oxidation sites excluding steroid dienone is 7. The average Bonchev–Trinajstić information content (AvgIpc) is 3.36. The summed E-state index contributed by atoms with van der Waals surface area (Å²) in [6.45, 7) is 2.66. The van der Waals surface area contributed by atoms with E-state index < -0.39 is 86.8 Å². The van der Waals surface area contributed by atoms with E-state index in [4.69, 9.17) is 18.9 Å². The SMILES string of the molecule is CC/C=C\C/C=C\C/C=C\CCCCCC(=O)NC(COC1OC(CO)C(OC2OC(CO)C(O)C(O)C2O)C(O)C1O)C(O)/C=C/CCCCCCCCCCCCCCCCCCCCCCC. The molecule has 2 fully saturated rings. The molecule has 0 aliphatic carbocycles. The predicted octanol–water partition coefficient (Wildman–Crippen LogP) is 8.44. The molecule has 2 rings (SSSR count). The highest BCUT2D eigenvalue weighted by Gasteiger charge is 2.51. The molecule has 2 heterocycles. The van der Waals surface area contributed by atoms with Crippen LogP contribution in [-0.2, 0) is 23.7 Å². The highest BCUT2D eigenvalue weighted by atomic mass is 16.7. The Kier molecular flexibility index (Phi) is 38.7. The summed E-state index contributed by atoms with van der Waals surface area (Å²) >= 11 is 0. The molecule has 0 bridgehead atoms. The third-order valence-electron chi connectivity index (χ3n) is 13.5. The van der Waals surface area contributed by atoms with Crippen LogP contribution in [0.2, 0.25) is 0 Å². The number of carbonyl (C=O) groups is 1. The highest BCUT2D eigenvalue weighted by Crippen LogP contribution is 2.30. The lowest BCUT2D eigenvalue weighted by Gasteiger charge is -2.46. The summed E-state index contributed by atoms with van der Waals surface area (Å²) in [5.41, 5.74) is 0. The smallest absolute Gasteiger partial charge is 0.220 e. The molecule has 12 atom stereocenters. The number of aliphatic hydroxyl groups excluding tert-OH is 8. The van der Waals surface area contributed by atoms with E-state index in [-0.39, 0.29) is 18.9 Å². The molecule has 12 unspecified atom stereocenters. The standard InChI is InChI=1S/C56H101NO13/c1-3-5-7-9-11-13-15-17-18-19-20-21-22-23-24-25-26-28-29-31-33-35-37-39-45(60)44(57-48(61)40-38-36-34-32-30-27-16-14-12-10-8-6-4-2)43-67-55-53(66)51(64)54(47(42-59)69-55)70-56-52(65)50(63)49(62)46(41-58)68-56/h6,8,12,14,27,30,37,39,44-47,49-56,58-60,62-66H,3-5,7,9-11,13,15-26,28-29,31-36,38,40-43H2,1-2H3,(H,57,61)/b8-6-,14-12-,30-27-,39-37+. The third-order valence-corrected chi connectivity index (χ3v) is 13.5. The Bertz CT molecular complexity index is 1360. The van der Waals surface area contributed by atoms with E-state index in [1.54, 1.807) is 6.08 Å². The molecule has 0 radical (unpaired) electrons. The van der Waals surface area contributed by atoms with Gasteiger partial charge in [0.25, 0.3) is 0 Å². The van der Waals surface area contributed by atoms with Crippen LogP contribution in [0, 0.1) is 0 Å². The fourth-order valence-corrected chi connectivity index (χ4v) is 9.01. The normalized spacial score (nSPS) is 26.3. The van der Waals surface area contributed by atoms with E-state index in [9.17, 15) is 45.6 Å². The minimum atomic E-state index is -1.79. The third kappa shape index (κ3) is 28.4. The largest absolute Gasteiger partial charge is 0.394 e.